The molecule has 2 N–H and O–H groups in total. The van der Waals surface area contributed by atoms with E-state index in [-0.39, 0.29) is 24.5 Å². The number of benzene rings is 1. The van der Waals surface area contributed by atoms with Crippen molar-refractivity contribution in [2.75, 3.05) is 58.5 Å². The molecule has 3 aliphatic rings. The first kappa shape index (κ1) is 41.3. The molecule has 13 nitrogen and oxygen atoms in total. The van der Waals surface area contributed by atoms with Gasteiger partial charge in [0.15, 0.2) is 11.8 Å². The minimum absolute atomic E-state index is 0.0322. The number of methoxy groups -OCH3 is 3. The van der Waals surface area contributed by atoms with Crippen LogP contribution in [0.4, 0.5) is 10.5 Å². The lowest BCUT2D eigenvalue weighted by atomic mass is 9.83. The second kappa shape index (κ2) is 18.0. The molecule has 2 fully saturated rings. The number of carbonyl (C=O) groups is 3. The molecule has 2 saturated heterocycles. The topological polar surface area (TPSA) is 155 Å². The molecular formula is C35H49ClN2O11S2. The summed E-state index contributed by atoms with van der Waals surface area (Å²) in [5, 5.41) is 14.5. The lowest BCUT2D eigenvalue weighted by molar-refractivity contribution is -0.168. The van der Waals surface area contributed by atoms with E-state index >= 15 is 0 Å². The van der Waals surface area contributed by atoms with Crippen molar-refractivity contribution in [2.24, 2.45) is 5.92 Å². The summed E-state index contributed by atoms with van der Waals surface area (Å²) in [4.78, 5) is 41.8. The number of halogens is 1. The zero-order valence-corrected chi connectivity index (χ0v) is 32.7. The minimum Gasteiger partial charge on any atom is -0.495 e. The molecule has 8 atom stereocenters. The third kappa shape index (κ3) is 9.93. The minimum atomic E-state index is -1.81. The van der Waals surface area contributed by atoms with E-state index in [0.29, 0.717) is 24.5 Å². The second-order valence-electron chi connectivity index (χ2n) is 13.0. The summed E-state index contributed by atoms with van der Waals surface area (Å²) in [5.41, 5.74) is -0.814. The summed E-state index contributed by atoms with van der Waals surface area (Å²) in [6, 6.07) is 3.61. The van der Waals surface area contributed by atoms with Gasteiger partial charge in [0.05, 0.1) is 38.5 Å². The summed E-state index contributed by atoms with van der Waals surface area (Å²) >= 11 is 6.75. The molecule has 2 amide bonds. The van der Waals surface area contributed by atoms with E-state index in [9.17, 15) is 19.5 Å². The molecule has 284 valence electrons. The van der Waals surface area contributed by atoms with Gasteiger partial charge in [-0.15, -0.1) is 0 Å². The standard InChI is InChI=1S/C35H49ClN2O11S2/c1-20-10-9-11-27(45-7)35(42)18-25(47-33(41)37-35)21(2)31-34(3,49-31)28(48-32(40)26(44-6)19-46-12-13-51-50-8)17-29(39)38(4)23-15-22(14-20)16-24(43-5)30(23)36/h9-11,15-16,21,25-28,31,42H,12-14,17-19H2,1-8H3,(H,37,41)/b11-9+,20-10+/t21-,25+,26?,27-,28+,31+,34+,35+/m1/s1. The number of hydrogen-bond acceptors (Lipinski definition) is 13. The smallest absolute Gasteiger partial charge is 0.409 e. The van der Waals surface area contributed by atoms with Crippen LogP contribution < -0.4 is 15.0 Å². The number of aliphatic hydroxyl groups is 1. The number of anilines is 1. The van der Waals surface area contributed by atoms with Gasteiger partial charge in [0.2, 0.25) is 5.91 Å². The fourth-order valence-corrected chi connectivity index (χ4v) is 7.79. The lowest BCUT2D eigenvalue weighted by Gasteiger charge is -2.42. The Morgan fingerprint density at radius 1 is 1.25 bits per heavy atom. The van der Waals surface area contributed by atoms with Gasteiger partial charge in [-0.2, -0.15) is 0 Å². The Balaban J connectivity index is 1.73. The van der Waals surface area contributed by atoms with Crippen molar-refractivity contribution < 1.29 is 52.6 Å². The molecule has 0 spiro atoms. The van der Waals surface area contributed by atoms with Gasteiger partial charge in [0, 0.05) is 39.4 Å². The van der Waals surface area contributed by atoms with Crippen LogP contribution in [0.15, 0.2) is 35.9 Å². The zero-order chi connectivity index (χ0) is 37.5. The van der Waals surface area contributed by atoms with Crippen LogP contribution in [0.2, 0.25) is 5.02 Å². The summed E-state index contributed by atoms with van der Waals surface area (Å²) in [5.74, 6) is -0.522. The van der Waals surface area contributed by atoms with Crippen LogP contribution >= 0.6 is 33.2 Å². The van der Waals surface area contributed by atoms with E-state index in [1.54, 1.807) is 53.8 Å². The van der Waals surface area contributed by atoms with E-state index in [1.807, 2.05) is 32.2 Å². The summed E-state index contributed by atoms with van der Waals surface area (Å²) < 4.78 is 40.2. The average molecular weight is 773 g/mol. The Morgan fingerprint density at radius 2 is 2.00 bits per heavy atom. The number of carbonyl (C=O) groups excluding carboxylic acids is 3. The van der Waals surface area contributed by atoms with Gasteiger partial charge in [-0.3, -0.25) is 10.1 Å². The van der Waals surface area contributed by atoms with Crippen molar-refractivity contribution in [3.8, 4) is 5.75 Å². The highest BCUT2D eigenvalue weighted by Gasteiger charge is 2.64. The highest BCUT2D eigenvalue weighted by molar-refractivity contribution is 8.76. The number of nitrogens with zero attached hydrogens (tertiary/aromatic N) is 1. The number of alkyl carbamates (subject to hydrolysis) is 1. The number of amides is 2. The van der Waals surface area contributed by atoms with Gasteiger partial charge in [0.25, 0.3) is 0 Å². The summed E-state index contributed by atoms with van der Waals surface area (Å²) in [6.07, 6.45) is 2.06. The molecule has 0 aliphatic carbocycles. The average Bonchev–Trinajstić information content (AvgIpc) is 3.79. The molecule has 3 aliphatic heterocycles. The fraction of sp³-hybridized carbons (Fsp3) is 0.629. The Morgan fingerprint density at radius 3 is 2.67 bits per heavy atom. The third-order valence-corrected chi connectivity index (χ3v) is 11.6. The van der Waals surface area contributed by atoms with Crippen LogP contribution in [0.25, 0.3) is 0 Å². The molecule has 3 heterocycles. The lowest BCUT2D eigenvalue weighted by Crippen LogP contribution is -2.63. The maximum atomic E-state index is 14.1. The van der Waals surface area contributed by atoms with Crippen LogP contribution in [-0.4, -0.2) is 119 Å². The molecular weight excluding hydrogens is 724 g/mol. The van der Waals surface area contributed by atoms with Gasteiger partial charge in [-0.05, 0) is 44.2 Å². The third-order valence-electron chi connectivity index (χ3n) is 9.45. The van der Waals surface area contributed by atoms with Crippen LogP contribution in [0.3, 0.4) is 0 Å². The molecule has 51 heavy (non-hydrogen) atoms. The number of nitrogens with one attached hydrogen (secondary N) is 1. The largest absolute Gasteiger partial charge is 0.495 e. The molecule has 1 aromatic rings. The highest BCUT2D eigenvalue weighted by atomic mass is 35.5. The van der Waals surface area contributed by atoms with Crippen molar-refractivity contribution >= 4 is 56.8 Å². The van der Waals surface area contributed by atoms with E-state index in [0.717, 1.165) is 16.9 Å². The predicted octanol–water partition coefficient (Wildman–Crippen LogP) is 4.71. The SMILES string of the molecule is COc1cc2cc(c1Cl)N(C)C(=O)C[C@H](OC(=O)C(COCCSSC)OC)[C@]1(C)O[C@H]1[C@H](C)[C@@H]1C[C@@](O)(NC(=O)O1)[C@H](OC)/C=C/C=C(\C)C2. The first-order valence-electron chi connectivity index (χ1n) is 16.6. The zero-order valence-electron chi connectivity index (χ0n) is 30.3. The quantitative estimate of drug-likeness (QED) is 0.138. The van der Waals surface area contributed by atoms with Crippen molar-refractivity contribution in [1.82, 2.24) is 5.32 Å². The first-order valence-corrected chi connectivity index (χ1v) is 19.7. The van der Waals surface area contributed by atoms with Crippen LogP contribution in [0, 0.1) is 5.92 Å². The number of epoxide rings is 1. The van der Waals surface area contributed by atoms with Crippen molar-refractivity contribution in [2.45, 2.75) is 81.9 Å². The monoisotopic (exact) mass is 772 g/mol. The van der Waals surface area contributed by atoms with E-state index < -0.39 is 65.7 Å². The number of ether oxygens (including phenoxy) is 7. The highest BCUT2D eigenvalue weighted by Crippen LogP contribution is 2.49. The maximum absolute atomic E-state index is 14.1. The molecule has 1 aromatic carbocycles. The summed E-state index contributed by atoms with van der Waals surface area (Å²) in [6.45, 7) is 5.85. The van der Waals surface area contributed by atoms with Gasteiger partial charge in [0.1, 0.15) is 34.7 Å². The second-order valence-corrected chi connectivity index (χ2v) is 16.1. The Labute approximate surface area is 312 Å². The molecule has 4 rings (SSSR count). The van der Waals surface area contributed by atoms with E-state index in [2.05, 4.69) is 5.32 Å². The Bertz CT molecular complexity index is 1480. The Hall–Kier alpha value is -2.50. The van der Waals surface area contributed by atoms with Crippen LogP contribution in [0.1, 0.15) is 39.2 Å². The first-order chi connectivity index (χ1) is 24.2. The van der Waals surface area contributed by atoms with Gasteiger partial charge in [-0.1, -0.05) is 63.9 Å². The fourth-order valence-electron chi connectivity index (χ4n) is 6.42. The Kier molecular flexibility index (Phi) is 14.6. The number of esters is 1. The molecule has 16 heteroatoms. The van der Waals surface area contributed by atoms with Gasteiger partial charge < -0.3 is 43.2 Å². The predicted molar refractivity (Wildman–Crippen MR) is 196 cm³/mol. The van der Waals surface area contributed by atoms with Crippen LogP contribution in [-0.2, 0) is 44.4 Å². The van der Waals surface area contributed by atoms with Gasteiger partial charge in [-0.25, -0.2) is 9.59 Å². The van der Waals surface area contributed by atoms with Crippen molar-refractivity contribution in [3.05, 3.63) is 46.5 Å². The molecule has 1 unspecified atom stereocenters. The van der Waals surface area contributed by atoms with Crippen LogP contribution in [0.5, 0.6) is 5.75 Å². The molecule has 0 saturated carbocycles. The summed E-state index contributed by atoms with van der Waals surface area (Å²) in [7, 11) is 9.15. The molecule has 0 radical (unpaired) electrons. The molecule has 4 bridgehead atoms. The molecule has 0 aromatic heterocycles. The van der Waals surface area contributed by atoms with Crippen molar-refractivity contribution in [3.63, 3.8) is 0 Å². The number of rotatable bonds is 11. The van der Waals surface area contributed by atoms with E-state index in [4.69, 9.17) is 44.8 Å². The number of fused-ring (bicyclic) bond motifs is 5. The van der Waals surface area contributed by atoms with Gasteiger partial charge >= 0.3 is 12.1 Å². The maximum Gasteiger partial charge on any atom is 0.409 e. The number of hydrogen-bond donors (Lipinski definition) is 2. The van der Waals surface area contributed by atoms with E-state index in [1.165, 1.54) is 26.2 Å². The normalized spacial score (nSPS) is 32.1. The van der Waals surface area contributed by atoms with Crippen molar-refractivity contribution in [1.29, 1.82) is 0 Å². The number of allylic oxidation sites excluding steroid dienone is 3.